The van der Waals surface area contributed by atoms with Gasteiger partial charge in [-0.25, -0.2) is 9.87 Å². The van der Waals surface area contributed by atoms with Gasteiger partial charge in [0.05, 0.1) is 0 Å². The van der Waals surface area contributed by atoms with Crippen LogP contribution in [0.15, 0.2) is 54.7 Å². The van der Waals surface area contributed by atoms with Crippen LogP contribution in [0.1, 0.15) is 22.3 Å². The maximum atomic E-state index is 14.3. The van der Waals surface area contributed by atoms with Crippen LogP contribution in [-0.2, 0) is 4.79 Å². The van der Waals surface area contributed by atoms with Crippen molar-refractivity contribution in [3.05, 3.63) is 71.7 Å². The number of nitrogens with zero attached hydrogens (tertiary/aromatic N) is 1. The third-order valence-electron chi connectivity index (χ3n) is 5.09. The molecule has 2 heterocycles. The van der Waals surface area contributed by atoms with E-state index in [0.29, 0.717) is 36.2 Å². The Morgan fingerprint density at radius 1 is 1.20 bits per heavy atom. The summed E-state index contributed by atoms with van der Waals surface area (Å²) >= 11 is 0. The van der Waals surface area contributed by atoms with Crippen LogP contribution >= 0.6 is 0 Å². The van der Waals surface area contributed by atoms with Gasteiger partial charge in [0, 0.05) is 41.3 Å². The Kier molecular flexibility index (Phi) is 5.49. The van der Waals surface area contributed by atoms with E-state index >= 15 is 0 Å². The van der Waals surface area contributed by atoms with Gasteiger partial charge in [0.1, 0.15) is 11.6 Å². The number of hydrogen-bond donors (Lipinski definition) is 3. The molecule has 4 rings (SSSR count). The molecule has 2 amide bonds. The number of carbonyl (C=O) groups is 2. The number of aromatic amines is 1. The number of carbonyl (C=O) groups excluding carboxylic acids is 2. The zero-order chi connectivity index (χ0) is 21.1. The van der Waals surface area contributed by atoms with E-state index < -0.39 is 5.91 Å². The Bertz CT molecular complexity index is 1120. The van der Waals surface area contributed by atoms with Gasteiger partial charge < -0.3 is 14.6 Å². The molecule has 0 aliphatic carbocycles. The lowest BCUT2D eigenvalue weighted by Crippen LogP contribution is -2.34. The van der Waals surface area contributed by atoms with E-state index in [1.165, 1.54) is 11.5 Å². The summed E-state index contributed by atoms with van der Waals surface area (Å²) in [6.07, 6.45) is 4.40. The molecule has 1 aliphatic heterocycles. The van der Waals surface area contributed by atoms with Crippen LogP contribution in [-0.4, -0.2) is 46.6 Å². The molecule has 3 aromatic rings. The number of hydroxylamine groups is 1. The number of fused-ring (bicyclic) bond motifs is 1. The van der Waals surface area contributed by atoms with Gasteiger partial charge in [0.2, 0.25) is 0 Å². The van der Waals surface area contributed by atoms with Crippen molar-refractivity contribution in [2.24, 2.45) is 0 Å². The van der Waals surface area contributed by atoms with Crippen LogP contribution < -0.4 is 10.2 Å². The quantitative estimate of drug-likeness (QED) is 0.446. The van der Waals surface area contributed by atoms with Gasteiger partial charge >= 0.3 is 0 Å². The fourth-order valence-corrected chi connectivity index (χ4v) is 3.55. The molecule has 0 saturated heterocycles. The number of aromatic nitrogens is 1. The zero-order valence-electron chi connectivity index (χ0n) is 16.0. The smallest absolute Gasteiger partial charge is 0.281 e. The van der Waals surface area contributed by atoms with Crippen molar-refractivity contribution in [3.8, 4) is 5.75 Å². The lowest BCUT2D eigenvalue weighted by Gasteiger charge is -2.26. The number of H-pyrrole nitrogens is 1. The normalized spacial score (nSPS) is 13.8. The fraction of sp³-hybridized carbons (Fsp3) is 0.182. The first-order chi connectivity index (χ1) is 14.6. The number of ether oxygens (including phenoxy) is 1. The molecular weight excluding hydrogens is 389 g/mol. The van der Waals surface area contributed by atoms with E-state index in [0.717, 1.165) is 16.7 Å². The summed E-state index contributed by atoms with van der Waals surface area (Å²) in [5.74, 6) is -0.629. The highest BCUT2D eigenvalue weighted by molar-refractivity contribution is 5.96. The Labute approximate surface area is 171 Å². The van der Waals surface area contributed by atoms with Crippen molar-refractivity contribution in [2.75, 3.05) is 19.7 Å². The van der Waals surface area contributed by atoms with Gasteiger partial charge in [0.15, 0.2) is 6.61 Å². The monoisotopic (exact) mass is 409 g/mol. The van der Waals surface area contributed by atoms with Crippen molar-refractivity contribution in [1.82, 2.24) is 15.4 Å². The van der Waals surface area contributed by atoms with Crippen molar-refractivity contribution >= 4 is 28.3 Å². The summed E-state index contributed by atoms with van der Waals surface area (Å²) in [5.41, 5.74) is 4.59. The first kappa shape index (κ1) is 19.7. The minimum absolute atomic E-state index is 0.116. The molecule has 154 valence electrons. The van der Waals surface area contributed by atoms with Crippen molar-refractivity contribution < 1.29 is 23.9 Å². The van der Waals surface area contributed by atoms with Crippen molar-refractivity contribution in [1.29, 1.82) is 0 Å². The van der Waals surface area contributed by atoms with E-state index in [1.807, 2.05) is 18.3 Å². The summed E-state index contributed by atoms with van der Waals surface area (Å²) < 4.78 is 19.5. The van der Waals surface area contributed by atoms with Crippen molar-refractivity contribution in [3.63, 3.8) is 0 Å². The van der Waals surface area contributed by atoms with Gasteiger partial charge in [-0.15, -0.1) is 0 Å². The van der Waals surface area contributed by atoms with E-state index in [4.69, 9.17) is 9.94 Å². The number of benzene rings is 2. The molecule has 7 nitrogen and oxygen atoms in total. The number of nitrogens with one attached hydrogen (secondary N) is 2. The topological polar surface area (TPSA) is 94.7 Å². The van der Waals surface area contributed by atoms with Crippen molar-refractivity contribution in [2.45, 2.75) is 6.42 Å². The first-order valence-corrected chi connectivity index (χ1v) is 9.47. The van der Waals surface area contributed by atoms with E-state index in [1.54, 1.807) is 35.2 Å². The molecule has 8 heteroatoms. The van der Waals surface area contributed by atoms with E-state index in [9.17, 15) is 14.0 Å². The summed E-state index contributed by atoms with van der Waals surface area (Å²) in [6.45, 7) is 0.642. The number of rotatable bonds is 5. The van der Waals surface area contributed by atoms with E-state index in [-0.39, 0.29) is 18.3 Å². The lowest BCUT2D eigenvalue weighted by atomic mass is 9.98. The second-order valence-corrected chi connectivity index (χ2v) is 6.94. The molecule has 2 aromatic carbocycles. The van der Waals surface area contributed by atoms with E-state index in [2.05, 4.69) is 4.98 Å². The molecule has 0 radical (unpaired) electrons. The van der Waals surface area contributed by atoms with Crippen LogP contribution in [0, 0.1) is 5.82 Å². The molecule has 30 heavy (non-hydrogen) atoms. The largest absolute Gasteiger partial charge is 0.484 e. The zero-order valence-corrected chi connectivity index (χ0v) is 16.0. The summed E-state index contributed by atoms with van der Waals surface area (Å²) in [4.78, 5) is 28.6. The average molecular weight is 409 g/mol. The number of halogens is 1. The summed E-state index contributed by atoms with van der Waals surface area (Å²) in [7, 11) is 0. The molecular formula is C22H20FN3O4. The maximum Gasteiger partial charge on any atom is 0.281 e. The maximum absolute atomic E-state index is 14.3. The third-order valence-corrected chi connectivity index (χ3v) is 5.09. The predicted octanol–water partition coefficient (Wildman–Crippen LogP) is 3.12. The lowest BCUT2D eigenvalue weighted by molar-refractivity contribution is -0.131. The van der Waals surface area contributed by atoms with Crippen LogP contribution in [0.3, 0.4) is 0 Å². The minimum Gasteiger partial charge on any atom is -0.484 e. The predicted molar refractivity (Wildman–Crippen MR) is 109 cm³/mol. The minimum atomic E-state index is -0.666. The molecule has 0 atom stereocenters. The highest BCUT2D eigenvalue weighted by Crippen LogP contribution is 2.31. The highest BCUT2D eigenvalue weighted by atomic mass is 19.1. The van der Waals surface area contributed by atoms with Gasteiger partial charge in [0.25, 0.3) is 11.8 Å². The fourth-order valence-electron chi connectivity index (χ4n) is 3.55. The van der Waals surface area contributed by atoms with Gasteiger partial charge in [-0.05, 0) is 48.4 Å². The van der Waals surface area contributed by atoms with Gasteiger partial charge in [-0.2, -0.15) is 0 Å². The highest BCUT2D eigenvalue weighted by Gasteiger charge is 2.21. The first-order valence-electron chi connectivity index (χ1n) is 9.47. The second-order valence-electron chi connectivity index (χ2n) is 6.94. The Morgan fingerprint density at radius 2 is 2.00 bits per heavy atom. The SMILES string of the molecule is O=C(COc1ccc(C(=O)N2CC=C(c3c[nH]c4cccc(F)c34)CC2)cc1)NO. The van der Waals surface area contributed by atoms with Crippen LogP contribution in [0.2, 0.25) is 0 Å². The van der Waals surface area contributed by atoms with Crippen LogP contribution in [0.25, 0.3) is 16.5 Å². The van der Waals surface area contributed by atoms with Gasteiger partial charge in [-0.1, -0.05) is 12.1 Å². The van der Waals surface area contributed by atoms with Gasteiger partial charge in [-0.3, -0.25) is 14.8 Å². The number of amides is 2. The molecule has 0 bridgehead atoms. The summed E-state index contributed by atoms with van der Waals surface area (Å²) in [5, 5.41) is 9.04. The standard InChI is InChI=1S/C22H20FN3O4/c23-18-2-1-3-19-21(18)17(12-24-19)14-8-10-26(11-9-14)22(28)15-4-6-16(7-5-15)30-13-20(27)25-29/h1-8,12,24,29H,9-11,13H2,(H,25,27). The average Bonchev–Trinajstić information content (AvgIpc) is 3.23. The van der Waals surface area contributed by atoms with Crippen LogP contribution in [0.5, 0.6) is 5.75 Å². The molecule has 0 saturated carbocycles. The third kappa shape index (κ3) is 3.90. The molecule has 0 unspecified atom stereocenters. The second kappa shape index (κ2) is 8.38. The Morgan fingerprint density at radius 3 is 2.70 bits per heavy atom. The molecule has 1 aromatic heterocycles. The summed E-state index contributed by atoms with van der Waals surface area (Å²) in [6, 6.07) is 11.4. The molecule has 1 aliphatic rings. The molecule has 0 fully saturated rings. The number of hydrogen-bond acceptors (Lipinski definition) is 4. The van der Waals surface area contributed by atoms with Crippen LogP contribution in [0.4, 0.5) is 4.39 Å². The molecule has 0 spiro atoms. The molecule has 3 N–H and O–H groups in total. The Hall–Kier alpha value is -3.65. The Balaban J connectivity index is 1.43.